The van der Waals surface area contributed by atoms with Crippen molar-refractivity contribution in [3.05, 3.63) is 29.3 Å². The Morgan fingerprint density at radius 1 is 1.15 bits per heavy atom. The fourth-order valence-electron chi connectivity index (χ4n) is 2.73. The van der Waals surface area contributed by atoms with Gasteiger partial charge in [0, 0.05) is 18.1 Å². The Balaban J connectivity index is 1.72. The summed E-state index contributed by atoms with van der Waals surface area (Å²) >= 11 is 5.80. The van der Waals surface area contributed by atoms with E-state index in [4.69, 9.17) is 25.8 Å². The molecule has 0 aliphatic carbocycles. The van der Waals surface area contributed by atoms with Crippen LogP contribution in [0.25, 0.3) is 0 Å². The normalized spacial score (nSPS) is 15.7. The number of amides is 1. The molecule has 0 unspecified atom stereocenters. The van der Waals surface area contributed by atoms with Gasteiger partial charge in [-0.25, -0.2) is 4.79 Å². The molecule has 1 aliphatic rings. The van der Waals surface area contributed by atoms with Gasteiger partial charge in [-0.1, -0.05) is 11.6 Å². The second-order valence-electron chi connectivity index (χ2n) is 6.23. The first-order valence-corrected chi connectivity index (χ1v) is 9.31. The summed E-state index contributed by atoms with van der Waals surface area (Å²) in [6.07, 6.45) is 0.247. The van der Waals surface area contributed by atoms with Crippen LogP contribution in [0.2, 0.25) is 5.02 Å². The van der Waals surface area contributed by atoms with Gasteiger partial charge in [0.2, 0.25) is 0 Å². The number of nitrogens with zero attached hydrogens (tertiary/aromatic N) is 1. The van der Waals surface area contributed by atoms with Crippen molar-refractivity contribution >= 4 is 29.4 Å². The topological polar surface area (TPSA) is 82.1 Å². The first-order chi connectivity index (χ1) is 12.9. The van der Waals surface area contributed by atoms with Crippen LogP contribution in [0, 0.1) is 5.92 Å². The maximum atomic E-state index is 12.2. The molecule has 1 fully saturated rings. The lowest BCUT2D eigenvalue weighted by Gasteiger charge is -2.30. The standard InChI is InChI=1S/C19H24ClNO6/c1-3-25-19(24)14-8-10-21(11-9-14)17(22)12-26-18(23)13(2)27-16-6-4-15(20)5-7-16/h4-7,13-14H,3,8-12H2,1-2H3/t13-/m1/s1. The maximum absolute atomic E-state index is 12.2. The zero-order valence-corrected chi connectivity index (χ0v) is 16.2. The monoisotopic (exact) mass is 397 g/mol. The Hall–Kier alpha value is -2.28. The van der Waals surface area contributed by atoms with E-state index in [0.29, 0.717) is 43.3 Å². The summed E-state index contributed by atoms with van der Waals surface area (Å²) in [5.74, 6) is -0.825. The third-order valence-electron chi connectivity index (χ3n) is 4.26. The highest BCUT2D eigenvalue weighted by Crippen LogP contribution is 2.19. The maximum Gasteiger partial charge on any atom is 0.347 e. The minimum atomic E-state index is -0.853. The van der Waals surface area contributed by atoms with Gasteiger partial charge in [0.1, 0.15) is 5.75 Å². The van der Waals surface area contributed by atoms with E-state index in [1.165, 1.54) is 0 Å². The van der Waals surface area contributed by atoms with Gasteiger partial charge in [0.05, 0.1) is 12.5 Å². The second-order valence-corrected chi connectivity index (χ2v) is 6.67. The Labute approximate surface area is 163 Å². The van der Waals surface area contributed by atoms with Crippen LogP contribution in [0.5, 0.6) is 5.75 Å². The molecule has 2 rings (SSSR count). The van der Waals surface area contributed by atoms with Crippen LogP contribution >= 0.6 is 11.6 Å². The van der Waals surface area contributed by atoms with Crippen molar-refractivity contribution in [1.82, 2.24) is 4.90 Å². The smallest absolute Gasteiger partial charge is 0.347 e. The van der Waals surface area contributed by atoms with Gasteiger partial charge in [-0.15, -0.1) is 0 Å². The third kappa shape index (κ3) is 6.43. The second kappa shape index (κ2) is 10.2. The van der Waals surface area contributed by atoms with Crippen molar-refractivity contribution in [2.75, 3.05) is 26.3 Å². The molecule has 0 aromatic heterocycles. The van der Waals surface area contributed by atoms with Crippen LogP contribution in [-0.2, 0) is 23.9 Å². The van der Waals surface area contributed by atoms with Crippen LogP contribution in [0.4, 0.5) is 0 Å². The fourth-order valence-corrected chi connectivity index (χ4v) is 2.86. The van der Waals surface area contributed by atoms with Crippen molar-refractivity contribution < 1.29 is 28.6 Å². The molecule has 0 bridgehead atoms. The quantitative estimate of drug-likeness (QED) is 0.657. The van der Waals surface area contributed by atoms with E-state index in [1.807, 2.05) is 0 Å². The van der Waals surface area contributed by atoms with E-state index in [-0.39, 0.29) is 24.4 Å². The van der Waals surface area contributed by atoms with Gasteiger partial charge in [0.25, 0.3) is 5.91 Å². The molecule has 0 saturated carbocycles. The summed E-state index contributed by atoms with van der Waals surface area (Å²) < 4.78 is 15.5. The number of ether oxygens (including phenoxy) is 3. The highest BCUT2D eigenvalue weighted by atomic mass is 35.5. The number of benzene rings is 1. The molecule has 1 aromatic carbocycles. The molecule has 1 amide bonds. The van der Waals surface area contributed by atoms with Crippen LogP contribution in [0.15, 0.2) is 24.3 Å². The first-order valence-electron chi connectivity index (χ1n) is 8.94. The average Bonchev–Trinajstić information content (AvgIpc) is 2.67. The predicted octanol–water partition coefficient (Wildman–Crippen LogP) is 2.45. The number of carbonyl (C=O) groups excluding carboxylic acids is 3. The number of rotatable bonds is 7. The number of halogens is 1. The molecule has 0 radical (unpaired) electrons. The van der Waals surface area contributed by atoms with E-state index in [2.05, 4.69) is 0 Å². The molecular formula is C19H24ClNO6. The zero-order valence-electron chi connectivity index (χ0n) is 15.5. The minimum Gasteiger partial charge on any atom is -0.479 e. The van der Waals surface area contributed by atoms with Crippen molar-refractivity contribution in [2.45, 2.75) is 32.8 Å². The van der Waals surface area contributed by atoms with E-state index in [9.17, 15) is 14.4 Å². The van der Waals surface area contributed by atoms with Crippen LogP contribution in [-0.4, -0.2) is 55.2 Å². The van der Waals surface area contributed by atoms with Crippen LogP contribution in [0.1, 0.15) is 26.7 Å². The van der Waals surface area contributed by atoms with Crippen molar-refractivity contribution in [3.63, 3.8) is 0 Å². The molecule has 1 saturated heterocycles. The molecule has 1 aromatic rings. The van der Waals surface area contributed by atoms with Gasteiger partial charge in [0.15, 0.2) is 12.7 Å². The van der Waals surface area contributed by atoms with Crippen LogP contribution < -0.4 is 4.74 Å². The number of esters is 2. The van der Waals surface area contributed by atoms with Crippen molar-refractivity contribution in [2.24, 2.45) is 5.92 Å². The van der Waals surface area contributed by atoms with Gasteiger partial charge in [-0.3, -0.25) is 9.59 Å². The molecule has 1 heterocycles. The number of likely N-dealkylation sites (tertiary alicyclic amines) is 1. The summed E-state index contributed by atoms with van der Waals surface area (Å²) in [5, 5.41) is 0.565. The minimum absolute atomic E-state index is 0.177. The third-order valence-corrected chi connectivity index (χ3v) is 4.52. The number of carbonyl (C=O) groups is 3. The molecule has 1 atom stereocenters. The summed E-state index contributed by atoms with van der Waals surface area (Å²) in [4.78, 5) is 37.5. The first kappa shape index (κ1) is 21.0. The lowest BCUT2D eigenvalue weighted by Crippen LogP contribution is -2.43. The summed E-state index contributed by atoms with van der Waals surface area (Å²) in [6.45, 7) is 4.20. The molecule has 0 N–H and O–H groups in total. The van der Waals surface area contributed by atoms with Gasteiger partial charge in [-0.2, -0.15) is 0 Å². The SMILES string of the molecule is CCOC(=O)C1CCN(C(=O)COC(=O)[C@@H](C)Oc2ccc(Cl)cc2)CC1. The van der Waals surface area contributed by atoms with Gasteiger partial charge < -0.3 is 19.1 Å². The lowest BCUT2D eigenvalue weighted by atomic mass is 9.97. The molecule has 27 heavy (non-hydrogen) atoms. The highest BCUT2D eigenvalue weighted by Gasteiger charge is 2.29. The number of hydrogen-bond acceptors (Lipinski definition) is 6. The lowest BCUT2D eigenvalue weighted by molar-refractivity contribution is -0.158. The van der Waals surface area contributed by atoms with Gasteiger partial charge >= 0.3 is 11.9 Å². The molecule has 0 spiro atoms. The zero-order chi connectivity index (χ0) is 19.8. The Morgan fingerprint density at radius 3 is 2.37 bits per heavy atom. The number of piperidine rings is 1. The predicted molar refractivity (Wildman–Crippen MR) is 98.4 cm³/mol. The van der Waals surface area contributed by atoms with E-state index >= 15 is 0 Å². The Kier molecular flexibility index (Phi) is 7.91. The van der Waals surface area contributed by atoms with E-state index < -0.39 is 12.1 Å². The largest absolute Gasteiger partial charge is 0.479 e. The molecule has 1 aliphatic heterocycles. The summed E-state index contributed by atoms with van der Waals surface area (Å²) in [7, 11) is 0. The van der Waals surface area contributed by atoms with E-state index in [1.54, 1.807) is 43.0 Å². The van der Waals surface area contributed by atoms with Gasteiger partial charge in [-0.05, 0) is 51.0 Å². The highest BCUT2D eigenvalue weighted by molar-refractivity contribution is 6.30. The molecule has 148 valence electrons. The summed E-state index contributed by atoms with van der Waals surface area (Å²) in [6, 6.07) is 6.59. The number of hydrogen-bond donors (Lipinski definition) is 0. The fraction of sp³-hybridized carbons (Fsp3) is 0.526. The van der Waals surface area contributed by atoms with Crippen molar-refractivity contribution in [1.29, 1.82) is 0 Å². The van der Waals surface area contributed by atoms with Crippen LogP contribution in [0.3, 0.4) is 0 Å². The average molecular weight is 398 g/mol. The summed E-state index contributed by atoms with van der Waals surface area (Å²) in [5.41, 5.74) is 0. The van der Waals surface area contributed by atoms with Crippen molar-refractivity contribution in [3.8, 4) is 5.75 Å². The molecule has 8 heteroatoms. The Morgan fingerprint density at radius 2 is 1.78 bits per heavy atom. The van der Waals surface area contributed by atoms with E-state index in [0.717, 1.165) is 0 Å². The molecular weight excluding hydrogens is 374 g/mol. The molecule has 7 nitrogen and oxygen atoms in total. The Bertz CT molecular complexity index is 655.